The fourth-order valence-electron chi connectivity index (χ4n) is 1.48. The van der Waals surface area contributed by atoms with Crippen LogP contribution in [0.2, 0.25) is 0 Å². The van der Waals surface area contributed by atoms with Crippen molar-refractivity contribution >= 4 is 28.9 Å². The van der Waals surface area contributed by atoms with E-state index in [-0.39, 0.29) is 18.3 Å². The lowest BCUT2D eigenvalue weighted by Gasteiger charge is -2.04. The minimum atomic E-state index is -0.320. The molecule has 104 valence electrons. The molecule has 0 saturated carbocycles. The Morgan fingerprint density at radius 3 is 2.80 bits per heavy atom. The number of hydrogen-bond acceptors (Lipinski definition) is 6. The molecule has 7 heteroatoms. The molecule has 20 heavy (non-hydrogen) atoms. The summed E-state index contributed by atoms with van der Waals surface area (Å²) in [6.45, 7) is 2.10. The van der Waals surface area contributed by atoms with Gasteiger partial charge in [0.05, 0.1) is 36.1 Å². The molecule has 6 nitrogen and oxygen atoms in total. The third kappa shape index (κ3) is 3.86. The van der Waals surface area contributed by atoms with Crippen LogP contribution in [-0.2, 0) is 16.0 Å². The maximum atomic E-state index is 11.8. The van der Waals surface area contributed by atoms with Crippen molar-refractivity contribution in [2.75, 3.05) is 11.9 Å². The van der Waals surface area contributed by atoms with Crippen molar-refractivity contribution in [3.8, 4) is 0 Å². The molecule has 0 atom stereocenters. The Labute approximate surface area is 119 Å². The van der Waals surface area contributed by atoms with Crippen LogP contribution in [0.4, 0.5) is 5.69 Å². The molecule has 2 heterocycles. The van der Waals surface area contributed by atoms with Crippen molar-refractivity contribution in [1.82, 2.24) is 9.97 Å². The molecule has 0 radical (unpaired) electrons. The van der Waals surface area contributed by atoms with Crippen LogP contribution in [0.5, 0.6) is 0 Å². The fourth-order valence-corrected chi connectivity index (χ4v) is 2.01. The second-order valence-electron chi connectivity index (χ2n) is 3.85. The van der Waals surface area contributed by atoms with E-state index < -0.39 is 0 Å². The highest BCUT2D eigenvalue weighted by Crippen LogP contribution is 2.10. The maximum Gasteiger partial charge on any atom is 0.311 e. The Morgan fingerprint density at radius 1 is 1.35 bits per heavy atom. The molecule has 2 aromatic heterocycles. The first-order valence-electron chi connectivity index (χ1n) is 5.99. The standard InChI is InChI=1S/C13H13N3O3S/c1-2-19-12(17)5-9-3-4-10(6-14-9)16-13(18)11-7-20-8-15-11/h3-4,6-8H,2,5H2,1H3,(H,16,18). The van der Waals surface area contributed by atoms with E-state index in [1.165, 1.54) is 17.5 Å². The van der Waals surface area contributed by atoms with Crippen LogP contribution in [0, 0.1) is 0 Å². The number of anilines is 1. The summed E-state index contributed by atoms with van der Waals surface area (Å²) >= 11 is 1.35. The molecule has 1 N–H and O–H groups in total. The Bertz CT molecular complexity index is 581. The molecule has 0 bridgehead atoms. The minimum absolute atomic E-state index is 0.119. The van der Waals surface area contributed by atoms with Gasteiger partial charge in [0.25, 0.3) is 5.91 Å². The molecule has 2 aromatic rings. The molecular weight excluding hydrogens is 278 g/mol. The number of esters is 1. The van der Waals surface area contributed by atoms with Crippen molar-refractivity contribution < 1.29 is 14.3 Å². The Morgan fingerprint density at radius 2 is 2.20 bits per heavy atom. The number of pyridine rings is 1. The molecule has 1 amide bonds. The Kier molecular flexibility index (Phi) is 4.78. The number of nitrogens with zero attached hydrogens (tertiary/aromatic N) is 2. The van der Waals surface area contributed by atoms with Gasteiger partial charge < -0.3 is 10.1 Å². The number of amides is 1. The van der Waals surface area contributed by atoms with Crippen LogP contribution in [0.1, 0.15) is 23.1 Å². The number of carbonyl (C=O) groups excluding carboxylic acids is 2. The second kappa shape index (κ2) is 6.76. The van der Waals surface area contributed by atoms with Crippen LogP contribution in [-0.4, -0.2) is 28.5 Å². The van der Waals surface area contributed by atoms with Crippen LogP contribution >= 0.6 is 11.3 Å². The molecular formula is C13H13N3O3S. The molecule has 0 saturated heterocycles. The quantitative estimate of drug-likeness (QED) is 0.851. The number of rotatable bonds is 5. The first kappa shape index (κ1) is 14.1. The highest BCUT2D eigenvalue weighted by Gasteiger charge is 2.09. The number of aromatic nitrogens is 2. The zero-order valence-corrected chi connectivity index (χ0v) is 11.6. The zero-order chi connectivity index (χ0) is 14.4. The molecule has 0 unspecified atom stereocenters. The van der Waals surface area contributed by atoms with Gasteiger partial charge >= 0.3 is 5.97 Å². The highest BCUT2D eigenvalue weighted by atomic mass is 32.1. The third-order valence-corrected chi connectivity index (χ3v) is 2.96. The van der Waals surface area contributed by atoms with Gasteiger partial charge in [-0.2, -0.15) is 0 Å². The molecule has 0 aliphatic rings. The summed E-state index contributed by atoms with van der Waals surface area (Å²) in [5.41, 5.74) is 3.10. The van der Waals surface area contributed by atoms with Crippen molar-refractivity contribution in [2.24, 2.45) is 0 Å². The summed E-state index contributed by atoms with van der Waals surface area (Å²) < 4.78 is 4.83. The molecule has 0 aliphatic carbocycles. The first-order chi connectivity index (χ1) is 9.69. The predicted molar refractivity (Wildman–Crippen MR) is 74.6 cm³/mol. The summed E-state index contributed by atoms with van der Waals surface area (Å²) in [4.78, 5) is 31.1. The van der Waals surface area contributed by atoms with Crippen molar-refractivity contribution in [1.29, 1.82) is 0 Å². The average molecular weight is 291 g/mol. The molecule has 0 aliphatic heterocycles. The topological polar surface area (TPSA) is 81.2 Å². The van der Waals surface area contributed by atoms with E-state index >= 15 is 0 Å². The lowest BCUT2D eigenvalue weighted by atomic mass is 10.2. The lowest BCUT2D eigenvalue weighted by Crippen LogP contribution is -2.13. The van der Waals surface area contributed by atoms with E-state index in [0.717, 1.165) is 0 Å². The average Bonchev–Trinajstić information content (AvgIpc) is 2.95. The van der Waals surface area contributed by atoms with Crippen molar-refractivity contribution in [3.63, 3.8) is 0 Å². The van der Waals surface area contributed by atoms with Crippen molar-refractivity contribution in [2.45, 2.75) is 13.3 Å². The van der Waals surface area contributed by atoms with E-state index in [1.54, 1.807) is 29.9 Å². The van der Waals surface area contributed by atoms with Crippen LogP contribution in [0.15, 0.2) is 29.2 Å². The van der Waals surface area contributed by atoms with Crippen molar-refractivity contribution in [3.05, 3.63) is 40.6 Å². The van der Waals surface area contributed by atoms with E-state index in [4.69, 9.17) is 4.74 Å². The smallest absolute Gasteiger partial charge is 0.311 e. The summed E-state index contributed by atoms with van der Waals surface area (Å²) in [6, 6.07) is 3.36. The number of hydrogen-bond donors (Lipinski definition) is 1. The van der Waals surface area contributed by atoms with Gasteiger partial charge in [-0.15, -0.1) is 11.3 Å². The number of carbonyl (C=O) groups is 2. The van der Waals surface area contributed by atoms with Gasteiger partial charge in [-0.1, -0.05) is 0 Å². The fraction of sp³-hybridized carbons (Fsp3) is 0.231. The number of thiazole rings is 1. The second-order valence-corrected chi connectivity index (χ2v) is 4.57. The van der Waals surface area contributed by atoms with Crippen LogP contribution in [0.25, 0.3) is 0 Å². The first-order valence-corrected chi connectivity index (χ1v) is 6.93. The predicted octanol–water partition coefficient (Wildman–Crippen LogP) is 1.90. The normalized spacial score (nSPS) is 10.1. The van der Waals surface area contributed by atoms with Crippen LogP contribution in [0.3, 0.4) is 0 Å². The van der Waals surface area contributed by atoms with Gasteiger partial charge in [0.1, 0.15) is 5.69 Å². The minimum Gasteiger partial charge on any atom is -0.466 e. The van der Waals surface area contributed by atoms with Gasteiger partial charge in [-0.25, -0.2) is 4.98 Å². The molecule has 0 aromatic carbocycles. The number of ether oxygens (including phenoxy) is 1. The monoisotopic (exact) mass is 291 g/mol. The van der Waals surface area contributed by atoms with Gasteiger partial charge in [-0.05, 0) is 19.1 Å². The van der Waals surface area contributed by atoms with Gasteiger partial charge in [0, 0.05) is 5.38 Å². The van der Waals surface area contributed by atoms with Crippen LogP contribution < -0.4 is 5.32 Å². The van der Waals surface area contributed by atoms with E-state index in [0.29, 0.717) is 23.7 Å². The van der Waals surface area contributed by atoms with Gasteiger partial charge in [-0.3, -0.25) is 14.6 Å². The Balaban J connectivity index is 1.95. The molecule has 0 fully saturated rings. The third-order valence-electron chi connectivity index (χ3n) is 2.38. The molecule has 2 rings (SSSR count). The Hall–Kier alpha value is -2.28. The maximum absolute atomic E-state index is 11.8. The summed E-state index contributed by atoms with van der Waals surface area (Å²) in [6.07, 6.45) is 1.62. The summed E-state index contributed by atoms with van der Waals surface area (Å²) in [7, 11) is 0. The number of nitrogens with one attached hydrogen (secondary N) is 1. The summed E-state index contributed by atoms with van der Waals surface area (Å²) in [5, 5.41) is 4.34. The largest absolute Gasteiger partial charge is 0.466 e. The highest BCUT2D eigenvalue weighted by molar-refractivity contribution is 7.07. The van der Waals surface area contributed by atoms with Gasteiger partial charge in [0.2, 0.25) is 0 Å². The van der Waals surface area contributed by atoms with E-state index in [9.17, 15) is 9.59 Å². The van der Waals surface area contributed by atoms with E-state index in [1.807, 2.05) is 0 Å². The molecule has 0 spiro atoms. The van der Waals surface area contributed by atoms with E-state index in [2.05, 4.69) is 15.3 Å². The SMILES string of the molecule is CCOC(=O)Cc1ccc(NC(=O)c2cscn2)cn1. The summed E-state index contributed by atoms with van der Waals surface area (Å²) in [5.74, 6) is -0.606. The zero-order valence-electron chi connectivity index (χ0n) is 10.8. The lowest BCUT2D eigenvalue weighted by molar-refractivity contribution is -0.142. The van der Waals surface area contributed by atoms with Gasteiger partial charge in [0.15, 0.2) is 0 Å².